The van der Waals surface area contributed by atoms with Crippen molar-refractivity contribution in [2.24, 2.45) is 17.3 Å². The number of nitrogens with one attached hydrogen (secondary N) is 1. The van der Waals surface area contributed by atoms with Gasteiger partial charge in [0.15, 0.2) is 0 Å². The second-order valence-corrected chi connectivity index (χ2v) is 7.49. The van der Waals surface area contributed by atoms with E-state index in [1.54, 1.807) is 0 Å². The normalized spacial score (nSPS) is 36.0. The summed E-state index contributed by atoms with van der Waals surface area (Å²) in [4.78, 5) is 0. The van der Waals surface area contributed by atoms with Gasteiger partial charge in [-0.15, -0.1) is 0 Å². The number of rotatable bonds is 3. The van der Waals surface area contributed by atoms with Crippen molar-refractivity contribution in [3.05, 3.63) is 0 Å². The van der Waals surface area contributed by atoms with Crippen LogP contribution in [0.1, 0.15) is 72.6 Å². The van der Waals surface area contributed by atoms with E-state index < -0.39 is 0 Å². The molecule has 2 fully saturated rings. The van der Waals surface area contributed by atoms with E-state index in [0.717, 1.165) is 23.9 Å². The maximum Gasteiger partial charge on any atom is 0.00956 e. The molecule has 0 saturated heterocycles. The van der Waals surface area contributed by atoms with Gasteiger partial charge in [-0.1, -0.05) is 33.6 Å². The molecule has 3 atom stereocenters. The van der Waals surface area contributed by atoms with E-state index in [0.29, 0.717) is 5.41 Å². The van der Waals surface area contributed by atoms with Gasteiger partial charge in [-0.25, -0.2) is 0 Å². The minimum absolute atomic E-state index is 0.578. The third-order valence-electron chi connectivity index (χ3n) is 5.28. The van der Waals surface area contributed by atoms with Gasteiger partial charge in [0.1, 0.15) is 0 Å². The highest BCUT2D eigenvalue weighted by Gasteiger charge is 2.33. The minimum Gasteiger partial charge on any atom is -0.311 e. The fraction of sp³-hybridized carbons (Fsp3) is 1.00. The van der Waals surface area contributed by atoms with Crippen LogP contribution in [-0.4, -0.2) is 12.1 Å². The molecule has 100 valence electrons. The lowest BCUT2D eigenvalue weighted by atomic mass is 9.70. The van der Waals surface area contributed by atoms with Crippen LogP contribution in [0.25, 0.3) is 0 Å². The van der Waals surface area contributed by atoms with Crippen LogP contribution in [-0.2, 0) is 0 Å². The Hall–Kier alpha value is -0.0400. The Bertz CT molecular complexity index is 240. The first-order valence-electron chi connectivity index (χ1n) is 7.74. The first-order valence-corrected chi connectivity index (χ1v) is 7.74. The molecule has 2 aliphatic rings. The van der Waals surface area contributed by atoms with Crippen LogP contribution < -0.4 is 5.32 Å². The molecule has 1 N–H and O–H groups in total. The molecule has 1 nitrogen and oxygen atoms in total. The summed E-state index contributed by atoms with van der Waals surface area (Å²) in [6.07, 6.45) is 10.0. The van der Waals surface area contributed by atoms with Gasteiger partial charge >= 0.3 is 0 Å². The molecule has 2 unspecified atom stereocenters. The van der Waals surface area contributed by atoms with Gasteiger partial charge in [-0.2, -0.15) is 0 Å². The zero-order valence-electron chi connectivity index (χ0n) is 12.3. The van der Waals surface area contributed by atoms with Crippen LogP contribution >= 0.6 is 0 Å². The second kappa shape index (κ2) is 5.30. The molecule has 2 rings (SSSR count). The highest BCUT2D eigenvalue weighted by atomic mass is 15.0. The van der Waals surface area contributed by atoms with Gasteiger partial charge < -0.3 is 5.32 Å². The average Bonchev–Trinajstić information content (AvgIpc) is 2.74. The van der Waals surface area contributed by atoms with E-state index in [1.165, 1.54) is 44.9 Å². The van der Waals surface area contributed by atoms with Crippen molar-refractivity contribution in [2.75, 3.05) is 0 Å². The van der Waals surface area contributed by atoms with Crippen molar-refractivity contribution in [1.29, 1.82) is 0 Å². The first-order chi connectivity index (χ1) is 7.98. The monoisotopic (exact) mass is 237 g/mol. The van der Waals surface area contributed by atoms with Crippen molar-refractivity contribution < 1.29 is 0 Å². The van der Waals surface area contributed by atoms with Crippen molar-refractivity contribution in [1.82, 2.24) is 5.32 Å². The molecule has 17 heavy (non-hydrogen) atoms. The number of hydrogen-bond donors (Lipinski definition) is 1. The molecule has 0 aromatic heterocycles. The van der Waals surface area contributed by atoms with Crippen molar-refractivity contribution >= 4 is 0 Å². The van der Waals surface area contributed by atoms with E-state index >= 15 is 0 Å². The van der Waals surface area contributed by atoms with Crippen LogP contribution in [0.5, 0.6) is 0 Å². The summed E-state index contributed by atoms with van der Waals surface area (Å²) in [5.74, 6) is 1.81. The fourth-order valence-corrected chi connectivity index (χ4v) is 4.13. The van der Waals surface area contributed by atoms with Crippen LogP contribution in [0.3, 0.4) is 0 Å². The predicted molar refractivity (Wildman–Crippen MR) is 75.1 cm³/mol. The molecule has 0 radical (unpaired) electrons. The quantitative estimate of drug-likeness (QED) is 0.768. The zero-order chi connectivity index (χ0) is 12.5. The standard InChI is InChI=1S/C16H31N/c1-12-11-16(3,4)10-9-15(12)17-13(2)14-7-5-6-8-14/h12-15,17H,5-11H2,1-4H3/t12?,13-,15?/m1/s1. The SMILES string of the molecule is CC1CC(C)(C)CCC1N[C@H](C)C1CCCC1. The molecule has 2 aliphatic carbocycles. The molecule has 1 heteroatoms. The molecular weight excluding hydrogens is 206 g/mol. The molecule has 0 bridgehead atoms. The largest absolute Gasteiger partial charge is 0.311 e. The van der Waals surface area contributed by atoms with E-state index in [9.17, 15) is 0 Å². The fourth-order valence-electron chi connectivity index (χ4n) is 4.13. The molecule has 0 aromatic rings. The summed E-state index contributed by atoms with van der Waals surface area (Å²) in [5.41, 5.74) is 0.578. The summed E-state index contributed by atoms with van der Waals surface area (Å²) < 4.78 is 0. The van der Waals surface area contributed by atoms with Gasteiger partial charge in [0, 0.05) is 12.1 Å². The highest BCUT2D eigenvalue weighted by molar-refractivity contribution is 4.89. The second-order valence-electron chi connectivity index (χ2n) is 7.49. The molecule has 0 aromatic carbocycles. The lowest BCUT2D eigenvalue weighted by molar-refractivity contribution is 0.135. The Labute approximate surface area is 108 Å². The summed E-state index contributed by atoms with van der Waals surface area (Å²) >= 11 is 0. The predicted octanol–water partition coefficient (Wildman–Crippen LogP) is 4.37. The van der Waals surface area contributed by atoms with Gasteiger partial charge in [-0.05, 0) is 56.3 Å². The van der Waals surface area contributed by atoms with Gasteiger partial charge in [-0.3, -0.25) is 0 Å². The maximum atomic E-state index is 3.95. The molecule has 0 aliphatic heterocycles. The van der Waals surface area contributed by atoms with E-state index in [-0.39, 0.29) is 0 Å². The zero-order valence-corrected chi connectivity index (χ0v) is 12.3. The smallest absolute Gasteiger partial charge is 0.00956 e. The third kappa shape index (κ3) is 3.47. The highest BCUT2D eigenvalue weighted by Crippen LogP contribution is 2.39. The Morgan fingerprint density at radius 3 is 2.35 bits per heavy atom. The van der Waals surface area contributed by atoms with E-state index in [1.807, 2.05) is 0 Å². The van der Waals surface area contributed by atoms with Crippen molar-refractivity contribution in [3.63, 3.8) is 0 Å². The molecule has 0 heterocycles. The van der Waals surface area contributed by atoms with Crippen LogP contribution in [0.4, 0.5) is 0 Å². The Morgan fingerprint density at radius 2 is 1.76 bits per heavy atom. The average molecular weight is 237 g/mol. The van der Waals surface area contributed by atoms with Gasteiger partial charge in [0.2, 0.25) is 0 Å². The first kappa shape index (κ1) is 13.4. The topological polar surface area (TPSA) is 12.0 Å². The Balaban J connectivity index is 1.82. The van der Waals surface area contributed by atoms with Crippen LogP contribution in [0, 0.1) is 17.3 Å². The lowest BCUT2D eigenvalue weighted by Crippen LogP contribution is -2.47. The molecular formula is C16H31N. The van der Waals surface area contributed by atoms with Crippen LogP contribution in [0.2, 0.25) is 0 Å². The van der Waals surface area contributed by atoms with Gasteiger partial charge in [0.25, 0.3) is 0 Å². The van der Waals surface area contributed by atoms with Crippen LogP contribution in [0.15, 0.2) is 0 Å². The third-order valence-corrected chi connectivity index (χ3v) is 5.28. The Morgan fingerprint density at radius 1 is 1.12 bits per heavy atom. The summed E-state index contributed by atoms with van der Waals surface area (Å²) in [7, 11) is 0. The van der Waals surface area contributed by atoms with Gasteiger partial charge in [0.05, 0.1) is 0 Å². The summed E-state index contributed by atoms with van der Waals surface area (Å²) in [6.45, 7) is 9.72. The maximum absolute atomic E-state index is 3.95. The molecule has 0 amide bonds. The molecule has 0 spiro atoms. The minimum atomic E-state index is 0.578. The van der Waals surface area contributed by atoms with E-state index in [2.05, 4.69) is 33.0 Å². The summed E-state index contributed by atoms with van der Waals surface area (Å²) in [6, 6.07) is 1.52. The van der Waals surface area contributed by atoms with E-state index in [4.69, 9.17) is 0 Å². The van der Waals surface area contributed by atoms with Crippen molar-refractivity contribution in [2.45, 2.75) is 84.7 Å². The summed E-state index contributed by atoms with van der Waals surface area (Å²) in [5, 5.41) is 3.95. The molecule has 2 saturated carbocycles. The Kier molecular flexibility index (Phi) is 4.18. The number of hydrogen-bond acceptors (Lipinski definition) is 1. The lowest BCUT2D eigenvalue weighted by Gasteiger charge is -2.41. The van der Waals surface area contributed by atoms with Crippen molar-refractivity contribution in [3.8, 4) is 0 Å².